The van der Waals surface area contributed by atoms with Crippen molar-refractivity contribution >= 4 is 11.4 Å². The first-order chi connectivity index (χ1) is 4.70. The Morgan fingerprint density at radius 3 is 2.36 bits per heavy atom. The summed E-state index contributed by atoms with van der Waals surface area (Å²) in [5.41, 5.74) is 9.90. The first kappa shape index (κ1) is 9.94. The van der Waals surface area contributed by atoms with Crippen LogP contribution in [0.3, 0.4) is 0 Å². The Morgan fingerprint density at radius 2 is 1.73 bits per heavy atom. The van der Waals surface area contributed by atoms with Crippen LogP contribution < -0.4 is 29.3 Å². The molecule has 0 aliphatic heterocycles. The molecule has 0 amide bonds. The lowest BCUT2D eigenvalue weighted by molar-refractivity contribution is -0.256. The van der Waals surface area contributed by atoms with Crippen molar-refractivity contribution in [3.05, 3.63) is 34.5 Å². The highest BCUT2D eigenvalue weighted by Gasteiger charge is 1.91. The van der Waals surface area contributed by atoms with E-state index in [9.17, 15) is 4.79 Å². The van der Waals surface area contributed by atoms with Crippen molar-refractivity contribution in [2.24, 2.45) is 0 Å². The van der Waals surface area contributed by atoms with Crippen LogP contribution in [-0.2, 0) is 0 Å². The highest BCUT2D eigenvalue weighted by molar-refractivity contribution is 5.40. The number of hydrogen-bond acceptors (Lipinski definition) is 2. The first-order valence-electron chi connectivity index (χ1n) is 2.92. The van der Waals surface area contributed by atoms with Crippen LogP contribution in [0.4, 0.5) is 11.4 Å². The number of nitrogens with two attached hydrogens (primary N) is 1. The molecule has 0 fully saturated rings. The SMILES string of the molecule is Nc1ccc([NH3+])c(=O)cc1.[Cl-]. The molecule has 0 aliphatic rings. The number of quaternary nitrogens is 1. The van der Waals surface area contributed by atoms with Gasteiger partial charge >= 0.3 is 0 Å². The Labute approximate surface area is 70.4 Å². The van der Waals surface area contributed by atoms with E-state index in [-0.39, 0.29) is 17.8 Å². The molecule has 1 aromatic rings. The van der Waals surface area contributed by atoms with E-state index in [0.717, 1.165) is 0 Å². The fraction of sp³-hybridized carbons (Fsp3) is 0. The van der Waals surface area contributed by atoms with Crippen molar-refractivity contribution in [1.82, 2.24) is 0 Å². The summed E-state index contributed by atoms with van der Waals surface area (Å²) in [4.78, 5) is 10.9. The van der Waals surface area contributed by atoms with Gasteiger partial charge in [-0.2, -0.15) is 0 Å². The smallest absolute Gasteiger partial charge is 0.238 e. The van der Waals surface area contributed by atoms with Gasteiger partial charge < -0.3 is 23.9 Å². The average molecular weight is 173 g/mol. The maximum atomic E-state index is 10.9. The summed E-state index contributed by atoms with van der Waals surface area (Å²) in [5.74, 6) is 0. The summed E-state index contributed by atoms with van der Waals surface area (Å²) in [6, 6.07) is 6.25. The van der Waals surface area contributed by atoms with Crippen LogP contribution in [0, 0.1) is 0 Å². The molecule has 5 N–H and O–H groups in total. The topological polar surface area (TPSA) is 70.7 Å². The zero-order valence-electron chi connectivity index (χ0n) is 5.88. The molecule has 1 rings (SSSR count). The Kier molecular flexibility index (Phi) is 3.57. The lowest BCUT2D eigenvalue weighted by Gasteiger charge is -1.76. The molecule has 3 nitrogen and oxygen atoms in total. The molecule has 0 spiro atoms. The van der Waals surface area contributed by atoms with Gasteiger partial charge in [-0.25, -0.2) is 0 Å². The molecule has 11 heavy (non-hydrogen) atoms. The van der Waals surface area contributed by atoms with Crippen LogP contribution in [0.25, 0.3) is 0 Å². The zero-order chi connectivity index (χ0) is 7.56. The fourth-order valence-corrected chi connectivity index (χ4v) is 0.613. The van der Waals surface area contributed by atoms with Gasteiger partial charge in [-0.3, -0.25) is 4.79 Å². The van der Waals surface area contributed by atoms with Gasteiger partial charge in [0, 0.05) is 11.8 Å². The number of nitrogen functional groups attached to an aromatic ring is 1. The van der Waals surface area contributed by atoms with E-state index >= 15 is 0 Å². The van der Waals surface area contributed by atoms with Gasteiger partial charge in [0.2, 0.25) is 5.43 Å². The van der Waals surface area contributed by atoms with Crippen LogP contribution in [0.5, 0.6) is 0 Å². The maximum Gasteiger partial charge on any atom is 0.238 e. The molecule has 0 aliphatic carbocycles. The van der Waals surface area contributed by atoms with Gasteiger partial charge in [-0.05, 0) is 18.2 Å². The monoisotopic (exact) mass is 172 g/mol. The van der Waals surface area contributed by atoms with Gasteiger partial charge in [-0.1, -0.05) is 0 Å². The minimum atomic E-state index is -0.0864. The van der Waals surface area contributed by atoms with E-state index in [1.807, 2.05) is 0 Å². The molecule has 60 valence electrons. The molecule has 0 aromatic heterocycles. The van der Waals surface area contributed by atoms with Crippen molar-refractivity contribution < 1.29 is 18.1 Å². The van der Waals surface area contributed by atoms with Crippen molar-refractivity contribution in [3.63, 3.8) is 0 Å². The largest absolute Gasteiger partial charge is 1.00 e. The molecule has 0 atom stereocenters. The van der Waals surface area contributed by atoms with E-state index in [4.69, 9.17) is 5.73 Å². The van der Waals surface area contributed by atoms with E-state index in [1.54, 1.807) is 18.2 Å². The number of anilines is 1. The molecule has 0 heterocycles. The molecular formula is C7H9ClN2O. The quantitative estimate of drug-likeness (QED) is 0.427. The Balaban J connectivity index is 0.000001000. The standard InChI is InChI=1S/C7H8N2O.ClH/c8-5-1-3-6(9)7(10)4-2-5;/h1-4H,8H2,(H2,9,10);1H. The van der Waals surface area contributed by atoms with Gasteiger partial charge in [0.1, 0.15) is 0 Å². The highest BCUT2D eigenvalue weighted by Crippen LogP contribution is 1.96. The van der Waals surface area contributed by atoms with Crippen molar-refractivity contribution in [1.29, 1.82) is 0 Å². The van der Waals surface area contributed by atoms with Gasteiger partial charge in [0.05, 0.1) is 0 Å². The lowest BCUT2D eigenvalue weighted by Crippen LogP contribution is -3.00. The van der Waals surface area contributed by atoms with Gasteiger partial charge in [0.15, 0.2) is 5.69 Å². The van der Waals surface area contributed by atoms with Crippen LogP contribution in [-0.4, -0.2) is 0 Å². The number of hydrogen-bond donors (Lipinski definition) is 2. The van der Waals surface area contributed by atoms with E-state index in [0.29, 0.717) is 11.4 Å². The third-order valence-corrected chi connectivity index (χ3v) is 1.22. The van der Waals surface area contributed by atoms with Crippen LogP contribution in [0.2, 0.25) is 0 Å². The van der Waals surface area contributed by atoms with Crippen LogP contribution in [0.1, 0.15) is 0 Å². The highest BCUT2D eigenvalue weighted by atomic mass is 35.5. The predicted octanol–water partition coefficient (Wildman–Crippen LogP) is -3.49. The Bertz CT molecular complexity index is 301. The summed E-state index contributed by atoms with van der Waals surface area (Å²) in [5, 5.41) is 0. The van der Waals surface area contributed by atoms with Gasteiger partial charge in [-0.15, -0.1) is 0 Å². The zero-order valence-corrected chi connectivity index (χ0v) is 6.64. The van der Waals surface area contributed by atoms with E-state index < -0.39 is 0 Å². The number of halogens is 1. The summed E-state index contributed by atoms with van der Waals surface area (Å²) in [6.45, 7) is 0. The second kappa shape index (κ2) is 3.95. The first-order valence-corrected chi connectivity index (χ1v) is 2.92. The normalized spacial score (nSPS) is 8.45. The minimum absolute atomic E-state index is 0. The van der Waals surface area contributed by atoms with Crippen molar-refractivity contribution in [3.8, 4) is 0 Å². The molecule has 0 saturated carbocycles. The molecule has 4 heteroatoms. The summed E-state index contributed by atoms with van der Waals surface area (Å²) in [7, 11) is 0. The Morgan fingerprint density at radius 1 is 1.18 bits per heavy atom. The maximum absolute atomic E-state index is 10.9. The molecule has 0 saturated heterocycles. The molecule has 1 aromatic carbocycles. The summed E-state index contributed by atoms with van der Waals surface area (Å²) in [6.07, 6.45) is 0. The third kappa shape index (κ3) is 2.57. The average Bonchev–Trinajstić information content (AvgIpc) is 2.04. The second-order valence-corrected chi connectivity index (χ2v) is 2.06. The summed E-state index contributed by atoms with van der Waals surface area (Å²) < 4.78 is 0. The van der Waals surface area contributed by atoms with Gasteiger partial charge in [0.25, 0.3) is 0 Å². The molecule has 0 bridgehead atoms. The Hall–Kier alpha value is -1.06. The number of rotatable bonds is 0. The fourth-order valence-electron chi connectivity index (χ4n) is 0.613. The molecule has 0 unspecified atom stereocenters. The van der Waals surface area contributed by atoms with Crippen LogP contribution >= 0.6 is 0 Å². The molecular weight excluding hydrogens is 164 g/mol. The van der Waals surface area contributed by atoms with Crippen molar-refractivity contribution in [2.45, 2.75) is 0 Å². The van der Waals surface area contributed by atoms with Crippen molar-refractivity contribution in [2.75, 3.05) is 5.73 Å². The minimum Gasteiger partial charge on any atom is -1.00 e. The summed E-state index contributed by atoms with van der Waals surface area (Å²) >= 11 is 0. The van der Waals surface area contributed by atoms with E-state index in [2.05, 4.69) is 5.73 Å². The second-order valence-electron chi connectivity index (χ2n) is 2.06. The third-order valence-electron chi connectivity index (χ3n) is 1.22. The molecule has 0 radical (unpaired) electrons. The van der Waals surface area contributed by atoms with E-state index in [1.165, 1.54) is 6.07 Å². The van der Waals surface area contributed by atoms with Crippen LogP contribution in [0.15, 0.2) is 29.1 Å². The predicted molar refractivity (Wildman–Crippen MR) is 39.7 cm³/mol. The lowest BCUT2D eigenvalue weighted by atomic mass is 10.4.